The van der Waals surface area contributed by atoms with Gasteiger partial charge in [0.1, 0.15) is 23.7 Å². The van der Waals surface area contributed by atoms with Crippen LogP contribution in [-0.4, -0.2) is 93.1 Å². The number of hydrogen-bond acceptors (Lipinski definition) is 8. The van der Waals surface area contributed by atoms with E-state index < -0.39 is 24.3 Å². The fraction of sp³-hybridized carbons (Fsp3) is 0.440. The molecule has 2 aliphatic heterocycles. The van der Waals surface area contributed by atoms with Crippen molar-refractivity contribution in [2.75, 3.05) is 27.3 Å². The molecule has 4 N–H and O–H groups in total. The van der Waals surface area contributed by atoms with Crippen LogP contribution in [0.2, 0.25) is 0 Å². The number of rotatable bonds is 11. The molecular formula is C50H60N8O6. The van der Waals surface area contributed by atoms with Crippen molar-refractivity contribution in [3.63, 3.8) is 0 Å². The first kappa shape index (κ1) is 44.2. The van der Waals surface area contributed by atoms with E-state index in [1.165, 1.54) is 42.0 Å². The zero-order chi connectivity index (χ0) is 45.1. The Morgan fingerprint density at radius 3 is 1.53 bits per heavy atom. The van der Waals surface area contributed by atoms with Crippen LogP contribution >= 0.6 is 0 Å². The van der Waals surface area contributed by atoms with Crippen LogP contribution in [-0.2, 0) is 44.7 Å². The van der Waals surface area contributed by atoms with Crippen molar-refractivity contribution in [2.45, 2.75) is 103 Å². The van der Waals surface area contributed by atoms with Crippen molar-refractivity contribution in [3.8, 4) is 33.6 Å². The largest absolute Gasteiger partial charge is 0.453 e. The number of alkyl carbamates (subject to hydrolysis) is 2. The Hall–Kier alpha value is -6.44. The average molecular weight is 869 g/mol. The summed E-state index contributed by atoms with van der Waals surface area (Å²) in [6.45, 7) is 8.84. The molecule has 3 aromatic carbocycles. The molecule has 0 saturated carbocycles. The van der Waals surface area contributed by atoms with Gasteiger partial charge in [-0.2, -0.15) is 0 Å². The van der Waals surface area contributed by atoms with Crippen LogP contribution in [0.3, 0.4) is 0 Å². The molecule has 14 heteroatoms. The molecule has 0 radical (unpaired) electrons. The first-order chi connectivity index (χ1) is 30.9. The quantitative estimate of drug-likeness (QED) is 0.103. The number of amides is 4. The smallest absolute Gasteiger partial charge is 0.407 e. The molecule has 4 aliphatic carbocycles. The van der Waals surface area contributed by atoms with Crippen molar-refractivity contribution in [2.24, 2.45) is 11.8 Å². The van der Waals surface area contributed by atoms with Gasteiger partial charge >= 0.3 is 12.2 Å². The number of aromatic amines is 2. The Morgan fingerprint density at radius 2 is 1.05 bits per heavy atom. The van der Waals surface area contributed by atoms with Gasteiger partial charge in [-0.25, -0.2) is 19.6 Å². The van der Waals surface area contributed by atoms with E-state index in [-0.39, 0.29) is 35.7 Å². The first-order valence-corrected chi connectivity index (χ1v) is 22.7. The fourth-order valence-corrected chi connectivity index (χ4v) is 9.56. The van der Waals surface area contributed by atoms with Crippen molar-refractivity contribution in [1.29, 1.82) is 0 Å². The zero-order valence-corrected chi connectivity index (χ0v) is 37.7. The summed E-state index contributed by atoms with van der Waals surface area (Å²) in [5, 5.41) is 5.47. The normalized spacial score (nSPS) is 18.2. The van der Waals surface area contributed by atoms with Crippen LogP contribution in [0.15, 0.2) is 73.1 Å². The molecule has 4 heterocycles. The minimum absolute atomic E-state index is 0.114. The monoisotopic (exact) mass is 868 g/mol. The summed E-state index contributed by atoms with van der Waals surface area (Å²) in [5.41, 5.74) is 11.2. The van der Waals surface area contributed by atoms with Crippen LogP contribution in [0.25, 0.3) is 33.6 Å². The molecule has 4 unspecified atom stereocenters. The molecule has 11 rings (SSSR count). The fourth-order valence-electron chi connectivity index (χ4n) is 9.56. The molecular weight excluding hydrogens is 809 g/mol. The predicted octanol–water partition coefficient (Wildman–Crippen LogP) is 8.11. The van der Waals surface area contributed by atoms with Crippen molar-refractivity contribution in [3.05, 3.63) is 107 Å². The van der Waals surface area contributed by atoms with E-state index >= 15 is 0 Å². The molecule has 6 aliphatic rings. The Balaban J connectivity index is 1.06. The van der Waals surface area contributed by atoms with Gasteiger partial charge in [0.05, 0.1) is 50.1 Å². The van der Waals surface area contributed by atoms with Crippen molar-refractivity contribution in [1.82, 2.24) is 40.4 Å². The van der Waals surface area contributed by atoms with Crippen LogP contribution < -0.4 is 10.6 Å². The number of carbonyl (C=O) groups is 4. The maximum Gasteiger partial charge on any atom is 0.407 e. The summed E-state index contributed by atoms with van der Waals surface area (Å²) in [7, 11) is 2.60. The lowest BCUT2D eigenvalue weighted by Crippen LogP contribution is -2.51. The van der Waals surface area contributed by atoms with E-state index in [1.54, 1.807) is 0 Å². The van der Waals surface area contributed by atoms with Gasteiger partial charge in [0, 0.05) is 18.7 Å². The van der Waals surface area contributed by atoms with Crippen molar-refractivity contribution < 1.29 is 28.7 Å². The molecule has 4 amide bonds. The lowest BCUT2D eigenvalue weighted by Gasteiger charge is -2.30. The number of aryl methyl sites for hydroxylation is 4. The molecule has 2 fully saturated rings. The molecule has 4 bridgehead atoms. The number of H-pyrrole nitrogens is 2. The summed E-state index contributed by atoms with van der Waals surface area (Å²) in [4.78, 5) is 72.4. The Labute approximate surface area is 374 Å². The molecule has 2 saturated heterocycles. The second-order valence-corrected chi connectivity index (χ2v) is 18.0. The van der Waals surface area contributed by atoms with E-state index in [1.807, 2.05) is 49.9 Å². The second kappa shape index (κ2) is 19.1. The second-order valence-electron chi connectivity index (χ2n) is 18.0. The summed E-state index contributed by atoms with van der Waals surface area (Å²) < 4.78 is 9.63. The van der Waals surface area contributed by atoms with E-state index in [9.17, 15) is 19.2 Å². The summed E-state index contributed by atoms with van der Waals surface area (Å²) >= 11 is 0. The molecule has 0 spiro atoms. The number of methoxy groups -OCH3 is 2. The number of hydrogen-bond donors (Lipinski definition) is 4. The highest BCUT2D eigenvalue weighted by Gasteiger charge is 2.39. The summed E-state index contributed by atoms with van der Waals surface area (Å²) in [6, 6.07) is 20.4. The van der Waals surface area contributed by atoms with Crippen LogP contribution in [0.5, 0.6) is 0 Å². The molecule has 2 aromatic heterocycles. The van der Waals surface area contributed by atoms with Crippen LogP contribution in [0, 0.1) is 11.8 Å². The van der Waals surface area contributed by atoms with Gasteiger partial charge in [-0.15, -0.1) is 0 Å². The highest BCUT2D eigenvalue weighted by molar-refractivity contribution is 5.87. The third kappa shape index (κ3) is 9.27. The van der Waals surface area contributed by atoms with Crippen LogP contribution in [0.1, 0.15) is 99.4 Å². The number of carbonyl (C=O) groups excluding carboxylic acids is 4. The number of benzene rings is 3. The van der Waals surface area contributed by atoms with Gasteiger partial charge in [0.2, 0.25) is 11.8 Å². The third-order valence-corrected chi connectivity index (χ3v) is 13.2. The molecule has 336 valence electrons. The number of aromatic nitrogens is 4. The van der Waals surface area contributed by atoms with E-state index in [0.717, 1.165) is 91.1 Å². The SMILES string of the molecule is COC(=O)NC(C(=O)N1CCCC1c1ncc(-c2ccc(-c3cc4c(-c5cnc(C6CCCN6C(=O)C(NC(=O)OC)C(C)C)[nH]5)cc3CCc3ccc(cc3)CC4)cc2)[nH]1)C(C)C. The van der Waals surface area contributed by atoms with Gasteiger partial charge in [-0.1, -0.05) is 82.3 Å². The minimum atomic E-state index is -0.704. The number of ether oxygens (including phenoxy) is 2. The van der Waals surface area contributed by atoms with E-state index in [4.69, 9.17) is 19.4 Å². The van der Waals surface area contributed by atoms with Gasteiger partial charge in [0.15, 0.2) is 0 Å². The number of nitrogens with one attached hydrogen (secondary N) is 4. The maximum absolute atomic E-state index is 13.9. The third-order valence-electron chi connectivity index (χ3n) is 13.2. The average Bonchev–Trinajstić information content (AvgIpc) is 4.15. The van der Waals surface area contributed by atoms with Gasteiger partial charge in [-0.05, 0) is 108 Å². The van der Waals surface area contributed by atoms with Gasteiger partial charge < -0.3 is 39.9 Å². The van der Waals surface area contributed by atoms with Gasteiger partial charge in [0.25, 0.3) is 0 Å². The Morgan fingerprint density at radius 1 is 0.609 bits per heavy atom. The first-order valence-electron chi connectivity index (χ1n) is 22.7. The lowest BCUT2D eigenvalue weighted by molar-refractivity contribution is -0.136. The highest BCUT2D eigenvalue weighted by Crippen LogP contribution is 2.38. The molecule has 14 nitrogen and oxygen atoms in total. The van der Waals surface area contributed by atoms with Gasteiger partial charge in [-0.3, -0.25) is 9.59 Å². The minimum Gasteiger partial charge on any atom is -0.453 e. The molecule has 64 heavy (non-hydrogen) atoms. The topological polar surface area (TPSA) is 175 Å². The molecule has 4 atom stereocenters. The Bertz CT molecular complexity index is 2470. The molecule has 5 aromatic rings. The number of nitrogens with zero attached hydrogens (tertiary/aromatic N) is 4. The van der Waals surface area contributed by atoms with Crippen molar-refractivity contribution >= 4 is 24.0 Å². The van der Waals surface area contributed by atoms with E-state index in [0.29, 0.717) is 13.1 Å². The number of likely N-dealkylation sites (tertiary alicyclic amines) is 2. The summed E-state index contributed by atoms with van der Waals surface area (Å²) in [6.07, 6.45) is 9.17. The number of imidazole rings is 2. The lowest BCUT2D eigenvalue weighted by atomic mass is 9.86. The standard InChI is InChI=1S/C50H60N8O6/c1-29(2)43(55-49(61)63-5)47(59)57-23-7-9-41(57)45-51-27-39(53-45)34-21-19-33(20-22-34)37-25-36-18-16-32-13-11-31(12-14-32)15-17-35(37)26-38(36)40-28-52-46(54-40)42-10-8-24-58(42)48(60)44(30(3)4)56-50(62)64-6/h11-14,19-22,25-30,41-44H,7-10,15-18,23-24H2,1-6H3,(H,51,53)(H,52,54)(H,55,61)(H,56,62). The summed E-state index contributed by atoms with van der Waals surface area (Å²) in [5.74, 6) is 0.969. The van der Waals surface area contributed by atoms with Crippen LogP contribution in [0.4, 0.5) is 9.59 Å². The Kier molecular flexibility index (Phi) is 13.2. The van der Waals surface area contributed by atoms with E-state index in [2.05, 4.69) is 81.3 Å². The maximum atomic E-state index is 13.9. The highest BCUT2D eigenvalue weighted by atomic mass is 16.5. The zero-order valence-electron chi connectivity index (χ0n) is 37.7. The predicted molar refractivity (Wildman–Crippen MR) is 244 cm³/mol.